The summed E-state index contributed by atoms with van der Waals surface area (Å²) in [5.41, 5.74) is 0.380. The van der Waals surface area contributed by atoms with E-state index in [1.807, 2.05) is 0 Å². The number of hydrogen-bond donors (Lipinski definition) is 1. The standard InChI is InChI=1S/C25H20ClFNO3PS/c26-20-13-17-24(18-14-20)33(30,31)28-25(19-11-15-21(27)16-12-19)32(29,22-7-3-1-4-8-22)23-9-5-2-6-10-23/h1-18,25,28H/t25-/m1/s1. The first-order chi connectivity index (χ1) is 15.8. The summed E-state index contributed by atoms with van der Waals surface area (Å²) in [5, 5.41) is 1.34. The molecule has 4 nitrogen and oxygen atoms in total. The predicted octanol–water partition coefficient (Wildman–Crippen LogP) is 5.47. The Balaban J connectivity index is 1.93. The lowest BCUT2D eigenvalue weighted by Gasteiger charge is -2.30. The van der Waals surface area contributed by atoms with Gasteiger partial charge in [0, 0.05) is 15.6 Å². The lowest BCUT2D eigenvalue weighted by Crippen LogP contribution is -2.34. The van der Waals surface area contributed by atoms with Crippen LogP contribution >= 0.6 is 18.7 Å². The highest BCUT2D eigenvalue weighted by molar-refractivity contribution is 7.90. The van der Waals surface area contributed by atoms with Gasteiger partial charge >= 0.3 is 0 Å². The van der Waals surface area contributed by atoms with Crippen LogP contribution in [0.1, 0.15) is 11.3 Å². The molecule has 0 amide bonds. The summed E-state index contributed by atoms with van der Waals surface area (Å²) in [6.45, 7) is 0. The van der Waals surface area contributed by atoms with Crippen molar-refractivity contribution in [2.24, 2.45) is 0 Å². The zero-order valence-corrected chi connectivity index (χ0v) is 19.8. The van der Waals surface area contributed by atoms with E-state index in [9.17, 15) is 17.4 Å². The van der Waals surface area contributed by atoms with E-state index in [2.05, 4.69) is 4.72 Å². The number of hydrogen-bond acceptors (Lipinski definition) is 3. The first kappa shape index (κ1) is 23.4. The fourth-order valence-electron chi connectivity index (χ4n) is 3.57. The van der Waals surface area contributed by atoms with Crippen molar-refractivity contribution in [2.75, 3.05) is 0 Å². The lowest BCUT2D eigenvalue weighted by atomic mass is 10.2. The molecule has 0 spiro atoms. The van der Waals surface area contributed by atoms with Crippen molar-refractivity contribution in [3.63, 3.8) is 0 Å². The maximum atomic E-state index is 14.9. The smallest absolute Gasteiger partial charge is 0.241 e. The molecule has 0 aliphatic heterocycles. The fraction of sp³-hybridized carbons (Fsp3) is 0.0400. The van der Waals surface area contributed by atoms with Gasteiger partial charge in [-0.2, -0.15) is 4.72 Å². The number of nitrogens with one attached hydrogen (secondary N) is 1. The quantitative estimate of drug-likeness (QED) is 0.343. The minimum Gasteiger partial charge on any atom is -0.312 e. The van der Waals surface area contributed by atoms with E-state index in [1.165, 1.54) is 48.5 Å². The Labute approximate surface area is 197 Å². The molecule has 4 rings (SSSR count). The average Bonchev–Trinajstić information content (AvgIpc) is 2.84. The highest BCUT2D eigenvalue weighted by Gasteiger charge is 2.40. The molecular formula is C25H20ClFNO3PS. The van der Waals surface area contributed by atoms with Crippen LogP contribution in [0.4, 0.5) is 4.39 Å². The second-order valence-corrected chi connectivity index (χ2v) is 12.4. The highest BCUT2D eigenvalue weighted by Crippen LogP contribution is 2.56. The number of halogens is 2. The third kappa shape index (κ3) is 4.94. The molecule has 4 aromatic rings. The van der Waals surface area contributed by atoms with Gasteiger partial charge in [-0.25, -0.2) is 12.8 Å². The second-order valence-electron chi connectivity index (χ2n) is 7.36. The fourth-order valence-corrected chi connectivity index (χ4v) is 8.49. The first-order valence-electron chi connectivity index (χ1n) is 10.0. The summed E-state index contributed by atoms with van der Waals surface area (Å²) >= 11 is 5.92. The lowest BCUT2D eigenvalue weighted by molar-refractivity contribution is 0.560. The minimum atomic E-state index is -4.11. The van der Waals surface area contributed by atoms with Crippen LogP contribution in [0.5, 0.6) is 0 Å². The summed E-state index contributed by atoms with van der Waals surface area (Å²) in [6, 6.07) is 28.5. The van der Waals surface area contributed by atoms with Crippen LogP contribution in [0.2, 0.25) is 5.02 Å². The van der Waals surface area contributed by atoms with Crippen molar-refractivity contribution in [2.45, 2.75) is 10.7 Å². The van der Waals surface area contributed by atoms with Crippen molar-refractivity contribution in [3.8, 4) is 0 Å². The van der Waals surface area contributed by atoms with Gasteiger partial charge in [-0.05, 0) is 42.0 Å². The zero-order chi connectivity index (χ0) is 23.5. The Kier molecular flexibility index (Phi) is 6.82. The highest BCUT2D eigenvalue weighted by atomic mass is 35.5. The Bertz CT molecular complexity index is 1340. The summed E-state index contributed by atoms with van der Waals surface area (Å²) in [6.07, 6.45) is 0. The van der Waals surface area contributed by atoms with Crippen LogP contribution in [0, 0.1) is 5.82 Å². The third-order valence-electron chi connectivity index (χ3n) is 5.22. The zero-order valence-electron chi connectivity index (χ0n) is 17.3. The van der Waals surface area contributed by atoms with E-state index in [0.717, 1.165) is 0 Å². The number of rotatable bonds is 7. The Morgan fingerprint density at radius 2 is 1.21 bits per heavy atom. The van der Waals surface area contributed by atoms with Crippen LogP contribution in [-0.2, 0) is 14.6 Å². The van der Waals surface area contributed by atoms with Crippen LogP contribution in [-0.4, -0.2) is 8.42 Å². The molecule has 0 radical (unpaired) electrons. The van der Waals surface area contributed by atoms with E-state index in [0.29, 0.717) is 21.2 Å². The van der Waals surface area contributed by atoms with E-state index in [4.69, 9.17) is 11.6 Å². The Morgan fingerprint density at radius 3 is 1.70 bits per heavy atom. The molecule has 1 N–H and O–H groups in total. The van der Waals surface area contributed by atoms with Crippen LogP contribution in [0.15, 0.2) is 114 Å². The third-order valence-corrected chi connectivity index (χ3v) is 10.4. The molecule has 1 atom stereocenters. The van der Waals surface area contributed by atoms with E-state index in [-0.39, 0.29) is 4.90 Å². The molecule has 0 aliphatic carbocycles. The predicted molar refractivity (Wildman–Crippen MR) is 131 cm³/mol. The number of sulfonamides is 1. The maximum Gasteiger partial charge on any atom is 0.241 e. The van der Waals surface area contributed by atoms with Crippen molar-refractivity contribution >= 4 is 39.4 Å². The molecule has 0 aliphatic rings. The second kappa shape index (κ2) is 9.62. The van der Waals surface area contributed by atoms with Crippen LogP contribution in [0.25, 0.3) is 0 Å². The van der Waals surface area contributed by atoms with E-state index >= 15 is 0 Å². The molecule has 0 unspecified atom stereocenters. The van der Waals surface area contributed by atoms with Gasteiger partial charge in [-0.3, -0.25) is 0 Å². The van der Waals surface area contributed by atoms with Crippen molar-refractivity contribution in [1.29, 1.82) is 0 Å². The van der Waals surface area contributed by atoms with Gasteiger partial charge < -0.3 is 4.57 Å². The van der Waals surface area contributed by atoms with Gasteiger partial charge in [0.25, 0.3) is 0 Å². The molecule has 4 aromatic carbocycles. The van der Waals surface area contributed by atoms with Gasteiger partial charge in [0.1, 0.15) is 11.6 Å². The van der Waals surface area contributed by atoms with Gasteiger partial charge in [-0.15, -0.1) is 0 Å². The van der Waals surface area contributed by atoms with Crippen molar-refractivity contribution in [1.82, 2.24) is 4.72 Å². The molecule has 0 heterocycles. The first-order valence-corrected chi connectivity index (χ1v) is 13.7. The summed E-state index contributed by atoms with van der Waals surface area (Å²) in [7, 11) is -7.74. The Morgan fingerprint density at radius 1 is 0.727 bits per heavy atom. The largest absolute Gasteiger partial charge is 0.312 e. The monoisotopic (exact) mass is 499 g/mol. The molecule has 0 saturated heterocycles. The molecule has 0 fully saturated rings. The molecule has 168 valence electrons. The van der Waals surface area contributed by atoms with Crippen LogP contribution in [0.3, 0.4) is 0 Å². The summed E-state index contributed by atoms with van der Waals surface area (Å²) < 4.78 is 58.0. The van der Waals surface area contributed by atoms with E-state index < -0.39 is 28.8 Å². The topological polar surface area (TPSA) is 63.2 Å². The van der Waals surface area contributed by atoms with Gasteiger partial charge in [0.15, 0.2) is 7.14 Å². The SMILES string of the molecule is O=P(c1ccccc1)(c1ccccc1)[C@@H](NS(=O)(=O)c1ccc(Cl)cc1)c1ccc(F)cc1. The minimum absolute atomic E-state index is 0.0216. The molecule has 33 heavy (non-hydrogen) atoms. The van der Waals surface area contributed by atoms with Gasteiger partial charge in [-0.1, -0.05) is 84.4 Å². The summed E-state index contributed by atoms with van der Waals surface area (Å²) in [4.78, 5) is -0.0216. The normalized spacial score (nSPS) is 12.9. The maximum absolute atomic E-state index is 14.9. The average molecular weight is 500 g/mol. The van der Waals surface area contributed by atoms with Crippen molar-refractivity contribution < 1.29 is 17.4 Å². The van der Waals surface area contributed by atoms with Gasteiger partial charge in [0.2, 0.25) is 10.0 Å². The molecule has 0 bridgehead atoms. The molecule has 8 heteroatoms. The van der Waals surface area contributed by atoms with Gasteiger partial charge in [0.05, 0.1) is 4.90 Å². The molecule has 0 saturated carbocycles. The number of benzene rings is 4. The van der Waals surface area contributed by atoms with Crippen LogP contribution < -0.4 is 15.3 Å². The van der Waals surface area contributed by atoms with E-state index in [1.54, 1.807) is 60.7 Å². The van der Waals surface area contributed by atoms with Crippen molar-refractivity contribution in [3.05, 3.63) is 126 Å². The molecule has 0 aromatic heterocycles. The molecular weight excluding hydrogens is 480 g/mol. The summed E-state index contributed by atoms with van der Waals surface area (Å²) in [5.74, 6) is -1.66. The Hall–Kier alpha value is -2.76.